The van der Waals surface area contributed by atoms with Gasteiger partial charge in [0.15, 0.2) is 0 Å². The number of aromatic amines is 1. The summed E-state index contributed by atoms with van der Waals surface area (Å²) in [5, 5.41) is 16.0. The molecule has 0 radical (unpaired) electrons. The van der Waals surface area contributed by atoms with Gasteiger partial charge < -0.3 is 10.6 Å². The molecule has 0 fully saturated rings. The quantitative estimate of drug-likeness (QED) is 0.703. The lowest BCUT2D eigenvalue weighted by Crippen LogP contribution is -2.36. The van der Waals surface area contributed by atoms with Crippen LogP contribution in [0, 0.1) is 5.41 Å². The molecule has 0 aliphatic heterocycles. The molecule has 2 rings (SSSR count). The molecule has 0 spiro atoms. The fraction of sp³-hybridized carbons (Fsp3) is 0.412. The first-order valence-corrected chi connectivity index (χ1v) is 7.90. The summed E-state index contributed by atoms with van der Waals surface area (Å²) in [4.78, 5) is 23.8. The van der Waals surface area contributed by atoms with E-state index in [1.54, 1.807) is 18.3 Å². The van der Waals surface area contributed by atoms with Crippen LogP contribution in [0.15, 0.2) is 30.5 Å². The third-order valence-electron chi connectivity index (χ3n) is 3.46. The largest absolute Gasteiger partial charge is 0.356 e. The Morgan fingerprint density at radius 1 is 1.08 bits per heavy atom. The summed E-state index contributed by atoms with van der Waals surface area (Å²) in [7, 11) is 0. The number of H-pyrrole nitrogens is 1. The van der Waals surface area contributed by atoms with Gasteiger partial charge in [-0.25, -0.2) is 0 Å². The molecule has 0 bridgehead atoms. The van der Waals surface area contributed by atoms with Crippen LogP contribution in [-0.4, -0.2) is 40.3 Å². The van der Waals surface area contributed by atoms with Crippen LogP contribution < -0.4 is 10.6 Å². The summed E-state index contributed by atoms with van der Waals surface area (Å²) in [6, 6.07) is 7.16. The van der Waals surface area contributed by atoms with Crippen LogP contribution in [0.5, 0.6) is 0 Å². The summed E-state index contributed by atoms with van der Waals surface area (Å²) in [5.74, 6) is -0.124. The van der Waals surface area contributed by atoms with Crippen molar-refractivity contribution < 1.29 is 9.59 Å². The van der Waals surface area contributed by atoms with Gasteiger partial charge in [-0.3, -0.25) is 9.59 Å². The van der Waals surface area contributed by atoms with Crippen LogP contribution in [0.25, 0.3) is 11.3 Å². The third-order valence-corrected chi connectivity index (χ3v) is 3.46. The molecule has 7 nitrogen and oxygen atoms in total. The van der Waals surface area contributed by atoms with Gasteiger partial charge in [0.2, 0.25) is 5.91 Å². The number of carbonyl (C=O) groups is 2. The van der Waals surface area contributed by atoms with E-state index >= 15 is 0 Å². The van der Waals surface area contributed by atoms with Crippen molar-refractivity contribution in [2.75, 3.05) is 13.1 Å². The Morgan fingerprint density at radius 3 is 2.33 bits per heavy atom. The summed E-state index contributed by atoms with van der Waals surface area (Å²) in [6.45, 7) is 6.66. The standard InChI is InChI=1S/C17H23N5O2/c1-17(2,3)16(24)19-10-4-9-18-15(23)13-7-5-12(6-8-13)14-11-20-22-21-14/h5-8,11H,4,9-10H2,1-3H3,(H,18,23)(H,19,24)(H,20,21,22). The second-order valence-electron chi connectivity index (χ2n) is 6.55. The lowest BCUT2D eigenvalue weighted by molar-refractivity contribution is -0.128. The van der Waals surface area contributed by atoms with Crippen molar-refractivity contribution in [1.29, 1.82) is 0 Å². The molecule has 0 unspecified atom stereocenters. The van der Waals surface area contributed by atoms with E-state index in [0.717, 1.165) is 11.3 Å². The van der Waals surface area contributed by atoms with Crippen LogP contribution >= 0.6 is 0 Å². The lowest BCUT2D eigenvalue weighted by Gasteiger charge is -2.17. The van der Waals surface area contributed by atoms with Crippen molar-refractivity contribution in [2.24, 2.45) is 5.41 Å². The molecular weight excluding hydrogens is 306 g/mol. The molecule has 0 aliphatic rings. The zero-order valence-corrected chi connectivity index (χ0v) is 14.2. The minimum Gasteiger partial charge on any atom is -0.356 e. The van der Waals surface area contributed by atoms with E-state index < -0.39 is 5.41 Å². The van der Waals surface area contributed by atoms with Crippen LogP contribution in [0.1, 0.15) is 37.6 Å². The molecule has 0 aliphatic carbocycles. The third kappa shape index (κ3) is 4.91. The monoisotopic (exact) mass is 329 g/mol. The zero-order chi connectivity index (χ0) is 17.6. The van der Waals surface area contributed by atoms with Gasteiger partial charge in [0.25, 0.3) is 5.91 Å². The van der Waals surface area contributed by atoms with Gasteiger partial charge in [0.1, 0.15) is 5.69 Å². The first-order chi connectivity index (χ1) is 11.4. The minimum absolute atomic E-state index is 0.0114. The van der Waals surface area contributed by atoms with Crippen molar-refractivity contribution in [3.8, 4) is 11.3 Å². The Balaban J connectivity index is 1.74. The number of amides is 2. The molecule has 128 valence electrons. The SMILES string of the molecule is CC(C)(C)C(=O)NCCCNC(=O)c1ccc(-c2cn[nH]n2)cc1. The van der Waals surface area contributed by atoms with Gasteiger partial charge in [0, 0.05) is 29.6 Å². The van der Waals surface area contributed by atoms with Crippen LogP contribution in [0.4, 0.5) is 0 Å². The number of aromatic nitrogens is 3. The lowest BCUT2D eigenvalue weighted by atomic mass is 9.96. The number of benzene rings is 1. The fourth-order valence-electron chi connectivity index (χ4n) is 1.99. The van der Waals surface area contributed by atoms with E-state index in [0.29, 0.717) is 25.1 Å². The number of nitrogens with one attached hydrogen (secondary N) is 3. The molecule has 2 amide bonds. The first kappa shape index (κ1) is 17.7. The van der Waals surface area contributed by atoms with Gasteiger partial charge in [-0.15, -0.1) is 0 Å². The van der Waals surface area contributed by atoms with E-state index in [9.17, 15) is 9.59 Å². The molecule has 7 heteroatoms. The molecule has 1 aromatic heterocycles. The molecule has 1 heterocycles. The summed E-state index contributed by atoms with van der Waals surface area (Å²) < 4.78 is 0. The van der Waals surface area contributed by atoms with Gasteiger partial charge in [-0.2, -0.15) is 15.4 Å². The van der Waals surface area contributed by atoms with Crippen molar-refractivity contribution in [1.82, 2.24) is 26.0 Å². The average molecular weight is 329 g/mol. The highest BCUT2D eigenvalue weighted by Gasteiger charge is 2.20. The maximum atomic E-state index is 12.1. The van der Waals surface area contributed by atoms with Crippen molar-refractivity contribution in [2.45, 2.75) is 27.2 Å². The number of carbonyl (C=O) groups excluding carboxylic acids is 2. The molecule has 1 aromatic carbocycles. The van der Waals surface area contributed by atoms with Crippen molar-refractivity contribution in [3.05, 3.63) is 36.0 Å². The molecule has 0 saturated carbocycles. The molecule has 0 saturated heterocycles. The Bertz CT molecular complexity index is 672. The maximum Gasteiger partial charge on any atom is 0.251 e. The topological polar surface area (TPSA) is 99.8 Å². The average Bonchev–Trinajstić information content (AvgIpc) is 3.08. The number of hydrogen-bond donors (Lipinski definition) is 3. The molecule has 3 N–H and O–H groups in total. The van der Waals surface area contributed by atoms with Gasteiger partial charge in [-0.1, -0.05) is 32.9 Å². The molecule has 2 aromatic rings. The predicted octanol–water partition coefficient (Wildman–Crippen LogP) is 1.75. The van der Waals surface area contributed by atoms with E-state index in [1.807, 2.05) is 32.9 Å². The van der Waals surface area contributed by atoms with Gasteiger partial charge >= 0.3 is 0 Å². The van der Waals surface area contributed by atoms with Crippen LogP contribution in [0.3, 0.4) is 0 Å². The summed E-state index contributed by atoms with van der Waals surface area (Å²) >= 11 is 0. The van der Waals surface area contributed by atoms with E-state index in [1.165, 1.54) is 0 Å². The summed E-state index contributed by atoms with van der Waals surface area (Å²) in [6.07, 6.45) is 2.31. The molecular formula is C17H23N5O2. The number of nitrogens with zero attached hydrogens (tertiary/aromatic N) is 2. The van der Waals surface area contributed by atoms with E-state index in [4.69, 9.17) is 0 Å². The highest BCUT2D eigenvalue weighted by Crippen LogP contribution is 2.15. The maximum absolute atomic E-state index is 12.1. The normalized spacial score (nSPS) is 11.1. The van der Waals surface area contributed by atoms with Gasteiger partial charge in [0.05, 0.1) is 6.20 Å². The zero-order valence-electron chi connectivity index (χ0n) is 14.2. The van der Waals surface area contributed by atoms with Crippen molar-refractivity contribution >= 4 is 11.8 Å². The Kier molecular flexibility index (Phi) is 5.68. The second-order valence-corrected chi connectivity index (χ2v) is 6.55. The highest BCUT2D eigenvalue weighted by molar-refractivity contribution is 5.94. The second kappa shape index (κ2) is 7.72. The summed E-state index contributed by atoms with van der Waals surface area (Å²) in [5.41, 5.74) is 1.82. The fourth-order valence-corrected chi connectivity index (χ4v) is 1.99. The Hall–Kier alpha value is -2.70. The Labute approximate surface area is 141 Å². The number of hydrogen-bond acceptors (Lipinski definition) is 4. The molecule has 0 atom stereocenters. The van der Waals surface area contributed by atoms with E-state index in [-0.39, 0.29) is 11.8 Å². The van der Waals surface area contributed by atoms with Gasteiger partial charge in [-0.05, 0) is 18.6 Å². The smallest absolute Gasteiger partial charge is 0.251 e. The van der Waals surface area contributed by atoms with Crippen LogP contribution in [-0.2, 0) is 4.79 Å². The highest BCUT2D eigenvalue weighted by atomic mass is 16.2. The molecule has 24 heavy (non-hydrogen) atoms. The van der Waals surface area contributed by atoms with Crippen molar-refractivity contribution in [3.63, 3.8) is 0 Å². The number of rotatable bonds is 6. The minimum atomic E-state index is -0.394. The Morgan fingerprint density at radius 2 is 1.75 bits per heavy atom. The first-order valence-electron chi connectivity index (χ1n) is 7.90. The van der Waals surface area contributed by atoms with Crippen LogP contribution in [0.2, 0.25) is 0 Å². The van der Waals surface area contributed by atoms with E-state index in [2.05, 4.69) is 26.0 Å². The predicted molar refractivity (Wildman–Crippen MR) is 91.2 cm³/mol.